The summed E-state index contributed by atoms with van der Waals surface area (Å²) in [6.45, 7) is 0. The van der Waals surface area contributed by atoms with Gasteiger partial charge in [-0.05, 0) is 17.7 Å². The van der Waals surface area contributed by atoms with Gasteiger partial charge < -0.3 is 4.74 Å². The smallest absolute Gasteiger partial charge is 0.430 e. The van der Waals surface area contributed by atoms with Crippen LogP contribution in [0.4, 0.5) is 48.3 Å². The second kappa shape index (κ2) is 7.12. The second-order valence-electron chi connectivity index (χ2n) is 4.69. The molecule has 148 valence electrons. The maximum absolute atomic E-state index is 13.3. The van der Waals surface area contributed by atoms with Gasteiger partial charge in [-0.3, -0.25) is 0 Å². The molecular formula is C13H6ClF11O. The number of alkyl halides is 10. The van der Waals surface area contributed by atoms with Gasteiger partial charge in [-0.1, -0.05) is 12.1 Å². The number of allylic oxidation sites excluding steroid dienone is 1. The number of ether oxygens (including phenoxy) is 1. The topological polar surface area (TPSA) is 9.23 Å². The van der Waals surface area contributed by atoms with Crippen molar-refractivity contribution in [1.82, 2.24) is 0 Å². The van der Waals surface area contributed by atoms with Crippen molar-refractivity contribution in [3.05, 3.63) is 41.7 Å². The summed E-state index contributed by atoms with van der Waals surface area (Å²) in [5, 5.41) is 0. The minimum atomic E-state index is -7.36. The van der Waals surface area contributed by atoms with E-state index in [0.29, 0.717) is 5.56 Å². The molecule has 0 saturated carbocycles. The van der Waals surface area contributed by atoms with Gasteiger partial charge in [0.15, 0.2) is 0 Å². The Morgan fingerprint density at radius 2 is 1.27 bits per heavy atom. The first-order valence-corrected chi connectivity index (χ1v) is 6.71. The Morgan fingerprint density at radius 1 is 0.808 bits per heavy atom. The van der Waals surface area contributed by atoms with Gasteiger partial charge in [-0.2, -0.15) is 48.3 Å². The highest BCUT2D eigenvalue weighted by Gasteiger charge is 2.83. The van der Waals surface area contributed by atoms with E-state index in [2.05, 4.69) is 4.74 Å². The van der Waals surface area contributed by atoms with Gasteiger partial charge in [-0.15, -0.1) is 11.6 Å². The second-order valence-corrected chi connectivity index (χ2v) is 4.96. The average Bonchev–Trinajstić information content (AvgIpc) is 2.53. The van der Waals surface area contributed by atoms with Crippen LogP contribution in [0, 0.1) is 0 Å². The lowest BCUT2D eigenvalue weighted by molar-refractivity contribution is -0.392. The Bertz CT molecular complexity index is 664. The lowest BCUT2D eigenvalue weighted by Crippen LogP contribution is -2.61. The van der Waals surface area contributed by atoms with E-state index in [-0.39, 0.29) is 5.88 Å². The van der Waals surface area contributed by atoms with Crippen LogP contribution < -0.4 is 4.74 Å². The summed E-state index contributed by atoms with van der Waals surface area (Å²) < 4.78 is 144. The lowest BCUT2D eigenvalue weighted by atomic mass is 10.0. The molecule has 13 heteroatoms. The zero-order valence-corrected chi connectivity index (χ0v) is 12.7. The third-order valence-electron chi connectivity index (χ3n) is 2.88. The van der Waals surface area contributed by atoms with Crippen LogP contribution in [0.3, 0.4) is 0 Å². The Kier molecular flexibility index (Phi) is 6.11. The molecule has 0 heterocycles. The molecule has 0 bridgehead atoms. The fourth-order valence-electron chi connectivity index (χ4n) is 1.43. The van der Waals surface area contributed by atoms with E-state index in [1.165, 1.54) is 0 Å². The average molecular weight is 423 g/mol. The molecule has 0 fully saturated rings. The Labute approximate surface area is 143 Å². The Morgan fingerprint density at radius 3 is 1.65 bits per heavy atom. The van der Waals surface area contributed by atoms with Crippen LogP contribution in [0.2, 0.25) is 0 Å². The molecule has 0 aliphatic rings. The SMILES string of the molecule is FC(Oc1ccc(CCl)cc1)=C(F)C(F)(F)C(F)(F)C(F)(F)C(F)(F)F. The van der Waals surface area contributed by atoms with Crippen molar-refractivity contribution in [1.29, 1.82) is 0 Å². The van der Waals surface area contributed by atoms with Crippen molar-refractivity contribution >= 4 is 11.6 Å². The van der Waals surface area contributed by atoms with E-state index in [4.69, 9.17) is 11.6 Å². The number of hydrogen-bond donors (Lipinski definition) is 0. The first kappa shape index (κ1) is 22.3. The molecule has 0 aliphatic carbocycles. The van der Waals surface area contributed by atoms with Gasteiger partial charge >= 0.3 is 30.0 Å². The van der Waals surface area contributed by atoms with E-state index >= 15 is 0 Å². The standard InChI is InChI=1S/C13H6ClF11O/c14-5-6-1-3-7(4-2-6)26-9(16)8(15)10(17,18)11(19,20)12(21,22)13(23,24)25/h1-4H,5H2. The third-order valence-corrected chi connectivity index (χ3v) is 3.19. The summed E-state index contributed by atoms with van der Waals surface area (Å²) in [4.78, 5) is 0. The predicted molar refractivity (Wildman–Crippen MR) is 66.8 cm³/mol. The summed E-state index contributed by atoms with van der Waals surface area (Å²) in [5.41, 5.74) is 0.394. The molecule has 1 nitrogen and oxygen atoms in total. The first-order chi connectivity index (χ1) is 11.6. The molecule has 0 N–H and O–H groups in total. The normalized spacial score (nSPS) is 14.9. The van der Waals surface area contributed by atoms with Crippen LogP contribution in [0.5, 0.6) is 5.75 Å². The van der Waals surface area contributed by atoms with E-state index < -0.39 is 41.5 Å². The molecule has 0 atom stereocenters. The Hall–Kier alpha value is -1.72. The fourth-order valence-corrected chi connectivity index (χ4v) is 1.61. The van der Waals surface area contributed by atoms with Crippen molar-refractivity contribution in [3.63, 3.8) is 0 Å². The zero-order chi connectivity index (χ0) is 20.6. The van der Waals surface area contributed by atoms with Gasteiger partial charge in [-0.25, -0.2) is 0 Å². The molecule has 26 heavy (non-hydrogen) atoms. The number of halogens is 12. The zero-order valence-electron chi connectivity index (χ0n) is 12.0. The van der Waals surface area contributed by atoms with E-state index in [0.717, 1.165) is 24.3 Å². The van der Waals surface area contributed by atoms with Crippen molar-refractivity contribution in [2.75, 3.05) is 0 Å². The summed E-state index contributed by atoms with van der Waals surface area (Å²) in [6, 6.07) is 0.776. The van der Waals surface area contributed by atoms with Crippen molar-refractivity contribution in [2.24, 2.45) is 0 Å². The minimum Gasteiger partial charge on any atom is -0.430 e. The van der Waals surface area contributed by atoms with Crippen LogP contribution >= 0.6 is 11.6 Å². The summed E-state index contributed by atoms with van der Waals surface area (Å²) in [5.74, 6) is -26.3. The van der Waals surface area contributed by atoms with Crippen molar-refractivity contribution in [3.8, 4) is 5.75 Å². The molecule has 0 amide bonds. The largest absolute Gasteiger partial charge is 0.460 e. The number of rotatable bonds is 6. The highest BCUT2D eigenvalue weighted by molar-refractivity contribution is 6.17. The maximum Gasteiger partial charge on any atom is 0.460 e. The van der Waals surface area contributed by atoms with Crippen LogP contribution in [-0.2, 0) is 5.88 Å². The Balaban J connectivity index is 3.24. The highest BCUT2D eigenvalue weighted by Crippen LogP contribution is 2.55. The van der Waals surface area contributed by atoms with Crippen LogP contribution in [0.25, 0.3) is 0 Å². The molecule has 1 aromatic rings. The molecule has 0 aromatic heterocycles. The van der Waals surface area contributed by atoms with Crippen molar-refractivity contribution < 1.29 is 53.0 Å². The quantitative estimate of drug-likeness (QED) is 0.294. The molecule has 1 rings (SSSR count). The van der Waals surface area contributed by atoms with Gasteiger partial charge in [0, 0.05) is 5.88 Å². The van der Waals surface area contributed by atoms with E-state index in [1.54, 1.807) is 0 Å². The maximum atomic E-state index is 13.3. The molecule has 0 unspecified atom stereocenters. The van der Waals surface area contributed by atoms with Gasteiger partial charge in [0.05, 0.1) is 0 Å². The first-order valence-electron chi connectivity index (χ1n) is 6.18. The molecule has 1 aromatic carbocycles. The number of hydrogen-bond acceptors (Lipinski definition) is 1. The monoisotopic (exact) mass is 422 g/mol. The van der Waals surface area contributed by atoms with Gasteiger partial charge in [0.1, 0.15) is 5.75 Å². The van der Waals surface area contributed by atoms with E-state index in [9.17, 15) is 48.3 Å². The summed E-state index contributed by atoms with van der Waals surface area (Å²) in [7, 11) is 0. The molecule has 0 radical (unpaired) electrons. The van der Waals surface area contributed by atoms with Gasteiger partial charge in [0.2, 0.25) is 5.83 Å². The molecule has 0 saturated heterocycles. The minimum absolute atomic E-state index is 0.0518. The van der Waals surface area contributed by atoms with Crippen LogP contribution in [0.1, 0.15) is 5.56 Å². The molecule has 0 spiro atoms. The highest BCUT2D eigenvalue weighted by atomic mass is 35.5. The predicted octanol–water partition coefficient (Wildman–Crippen LogP) is 6.38. The van der Waals surface area contributed by atoms with Gasteiger partial charge in [0.25, 0.3) is 0 Å². The molecular weight excluding hydrogens is 417 g/mol. The third kappa shape index (κ3) is 3.84. The molecule has 0 aliphatic heterocycles. The van der Waals surface area contributed by atoms with Crippen LogP contribution in [0.15, 0.2) is 36.1 Å². The van der Waals surface area contributed by atoms with E-state index in [1.807, 2.05) is 0 Å². The summed E-state index contributed by atoms with van der Waals surface area (Å²) in [6.07, 6.45) is -7.16. The lowest BCUT2D eigenvalue weighted by Gasteiger charge is -2.32. The van der Waals surface area contributed by atoms with Crippen molar-refractivity contribution in [2.45, 2.75) is 29.8 Å². The summed E-state index contributed by atoms with van der Waals surface area (Å²) >= 11 is 5.40. The fraction of sp³-hybridized carbons (Fsp3) is 0.385. The van der Waals surface area contributed by atoms with Crippen LogP contribution in [-0.4, -0.2) is 23.9 Å². The number of benzene rings is 1.